The summed E-state index contributed by atoms with van der Waals surface area (Å²) < 4.78 is 2.06. The monoisotopic (exact) mass is 291 g/mol. The molecule has 4 nitrogen and oxygen atoms in total. The van der Waals surface area contributed by atoms with E-state index >= 15 is 0 Å². The highest BCUT2D eigenvalue weighted by Gasteiger charge is 2.23. The molecule has 1 amide bonds. The fraction of sp³-hybridized carbons (Fsp3) is 0.765. The van der Waals surface area contributed by atoms with Crippen molar-refractivity contribution in [3.05, 3.63) is 17.0 Å². The normalized spacial score (nSPS) is 19.3. The maximum absolute atomic E-state index is 12.5. The summed E-state index contributed by atoms with van der Waals surface area (Å²) in [6.07, 6.45) is 2.88. The third kappa shape index (κ3) is 3.86. The summed E-state index contributed by atoms with van der Waals surface area (Å²) in [4.78, 5) is 14.6. The number of aromatic nitrogens is 2. The zero-order chi connectivity index (χ0) is 15.6. The second kappa shape index (κ2) is 6.63. The largest absolute Gasteiger partial charge is 0.342 e. The van der Waals surface area contributed by atoms with Crippen molar-refractivity contribution in [2.45, 2.75) is 60.4 Å². The van der Waals surface area contributed by atoms with Crippen LogP contribution in [-0.2, 0) is 17.8 Å². The number of rotatable bonds is 4. The second-order valence-electron chi connectivity index (χ2n) is 6.99. The molecular weight excluding hydrogens is 262 g/mol. The molecule has 4 heteroatoms. The summed E-state index contributed by atoms with van der Waals surface area (Å²) in [5.41, 5.74) is 3.28. The van der Waals surface area contributed by atoms with Gasteiger partial charge in [0.05, 0.1) is 12.1 Å². The van der Waals surface area contributed by atoms with Gasteiger partial charge in [0, 0.05) is 30.9 Å². The first kappa shape index (κ1) is 16.1. The number of hydrogen-bond donors (Lipinski definition) is 0. The fourth-order valence-electron chi connectivity index (χ4n) is 3.19. The number of carbonyl (C=O) groups excluding carboxylic acids is 1. The van der Waals surface area contributed by atoms with E-state index in [0.717, 1.165) is 43.0 Å². The summed E-state index contributed by atoms with van der Waals surface area (Å²) >= 11 is 0. The molecule has 1 saturated heterocycles. The van der Waals surface area contributed by atoms with E-state index in [1.54, 1.807) is 0 Å². The lowest BCUT2D eigenvalue weighted by Gasteiger charge is -2.31. The topological polar surface area (TPSA) is 38.1 Å². The molecule has 1 unspecified atom stereocenters. The van der Waals surface area contributed by atoms with Crippen molar-refractivity contribution >= 4 is 5.91 Å². The minimum absolute atomic E-state index is 0.261. The number of carbonyl (C=O) groups is 1. The summed E-state index contributed by atoms with van der Waals surface area (Å²) in [7, 11) is 0. The first-order chi connectivity index (χ1) is 9.88. The second-order valence-corrected chi connectivity index (χ2v) is 6.99. The number of hydrogen-bond acceptors (Lipinski definition) is 2. The van der Waals surface area contributed by atoms with Gasteiger partial charge < -0.3 is 4.90 Å². The molecular formula is C17H29N3O. The Bertz CT molecular complexity index is 504. The quantitative estimate of drug-likeness (QED) is 0.855. The van der Waals surface area contributed by atoms with Gasteiger partial charge in [-0.1, -0.05) is 20.8 Å². The predicted octanol–water partition coefficient (Wildman–Crippen LogP) is 2.96. The van der Waals surface area contributed by atoms with Gasteiger partial charge in [0.25, 0.3) is 0 Å². The van der Waals surface area contributed by atoms with Crippen molar-refractivity contribution < 1.29 is 4.79 Å². The minimum Gasteiger partial charge on any atom is -0.342 e. The lowest BCUT2D eigenvalue weighted by molar-refractivity contribution is -0.132. The van der Waals surface area contributed by atoms with Crippen LogP contribution in [0.25, 0.3) is 0 Å². The van der Waals surface area contributed by atoms with Crippen LogP contribution in [0.5, 0.6) is 0 Å². The Morgan fingerprint density at radius 3 is 2.71 bits per heavy atom. The molecule has 1 fully saturated rings. The summed E-state index contributed by atoms with van der Waals surface area (Å²) in [6, 6.07) is 0. The Labute approximate surface area is 128 Å². The Balaban J connectivity index is 2.08. The molecule has 21 heavy (non-hydrogen) atoms. The Hall–Kier alpha value is -1.32. The van der Waals surface area contributed by atoms with Crippen LogP contribution in [0.4, 0.5) is 0 Å². The maximum Gasteiger partial charge on any atom is 0.227 e. The smallest absolute Gasteiger partial charge is 0.227 e. The van der Waals surface area contributed by atoms with Gasteiger partial charge in [-0.15, -0.1) is 0 Å². The van der Waals surface area contributed by atoms with E-state index in [-0.39, 0.29) is 5.91 Å². The highest BCUT2D eigenvalue weighted by atomic mass is 16.2. The number of piperidine rings is 1. The van der Waals surface area contributed by atoms with Crippen molar-refractivity contribution in [1.29, 1.82) is 0 Å². The lowest BCUT2D eigenvalue weighted by Crippen LogP contribution is -2.40. The Morgan fingerprint density at radius 2 is 2.10 bits per heavy atom. The van der Waals surface area contributed by atoms with Crippen molar-refractivity contribution in [1.82, 2.24) is 14.7 Å². The van der Waals surface area contributed by atoms with Crippen LogP contribution < -0.4 is 0 Å². The predicted molar refractivity (Wildman–Crippen MR) is 85.2 cm³/mol. The minimum atomic E-state index is 0.261. The number of likely N-dealkylation sites (tertiary alicyclic amines) is 1. The molecule has 2 rings (SSSR count). The summed E-state index contributed by atoms with van der Waals surface area (Å²) in [5.74, 6) is 1.46. The molecule has 2 heterocycles. The molecule has 1 aliphatic heterocycles. The van der Waals surface area contributed by atoms with Crippen LogP contribution in [0.15, 0.2) is 0 Å². The maximum atomic E-state index is 12.5. The van der Waals surface area contributed by atoms with Gasteiger partial charge in [-0.05, 0) is 38.5 Å². The molecule has 0 aromatic carbocycles. The molecule has 0 bridgehead atoms. The third-order valence-corrected chi connectivity index (χ3v) is 4.41. The SMILES string of the molecule is Cc1nn(CC(C)C)c(C)c1CC(=O)N1CCCC(C)C1. The third-order valence-electron chi connectivity index (χ3n) is 4.41. The summed E-state index contributed by atoms with van der Waals surface area (Å²) in [6.45, 7) is 13.5. The van der Waals surface area contributed by atoms with Gasteiger partial charge >= 0.3 is 0 Å². The number of amides is 1. The first-order valence-electron chi connectivity index (χ1n) is 8.19. The van der Waals surface area contributed by atoms with Gasteiger partial charge in [0.15, 0.2) is 0 Å². The van der Waals surface area contributed by atoms with Crippen molar-refractivity contribution in [3.63, 3.8) is 0 Å². The van der Waals surface area contributed by atoms with Crippen LogP contribution in [0, 0.1) is 25.7 Å². The van der Waals surface area contributed by atoms with E-state index in [4.69, 9.17) is 0 Å². The van der Waals surface area contributed by atoms with Crippen LogP contribution >= 0.6 is 0 Å². The molecule has 0 aliphatic carbocycles. The summed E-state index contributed by atoms with van der Waals surface area (Å²) in [5, 5.41) is 4.61. The van der Waals surface area contributed by atoms with Crippen LogP contribution in [0.3, 0.4) is 0 Å². The van der Waals surface area contributed by atoms with E-state index in [9.17, 15) is 4.79 Å². The van der Waals surface area contributed by atoms with E-state index in [0.29, 0.717) is 18.3 Å². The van der Waals surface area contributed by atoms with Gasteiger partial charge in [-0.2, -0.15) is 5.10 Å². The molecule has 1 atom stereocenters. The lowest BCUT2D eigenvalue weighted by atomic mass is 9.99. The molecule has 0 saturated carbocycles. The highest BCUT2D eigenvalue weighted by Crippen LogP contribution is 2.19. The Morgan fingerprint density at radius 1 is 1.38 bits per heavy atom. The first-order valence-corrected chi connectivity index (χ1v) is 8.19. The fourth-order valence-corrected chi connectivity index (χ4v) is 3.19. The van der Waals surface area contributed by atoms with Crippen LogP contribution in [-0.4, -0.2) is 33.7 Å². The van der Waals surface area contributed by atoms with Gasteiger partial charge in [-0.25, -0.2) is 0 Å². The molecule has 1 aliphatic rings. The van der Waals surface area contributed by atoms with E-state index < -0.39 is 0 Å². The number of nitrogens with zero attached hydrogens (tertiary/aromatic N) is 3. The van der Waals surface area contributed by atoms with E-state index in [1.807, 2.05) is 11.8 Å². The van der Waals surface area contributed by atoms with Crippen molar-refractivity contribution in [2.24, 2.45) is 11.8 Å². The molecule has 1 aromatic heterocycles. The number of aryl methyl sites for hydroxylation is 1. The van der Waals surface area contributed by atoms with Gasteiger partial charge in [0.1, 0.15) is 0 Å². The van der Waals surface area contributed by atoms with Gasteiger partial charge in [0.2, 0.25) is 5.91 Å². The van der Waals surface area contributed by atoms with Crippen molar-refractivity contribution in [2.75, 3.05) is 13.1 Å². The Kier molecular flexibility index (Phi) is 5.07. The van der Waals surface area contributed by atoms with Gasteiger partial charge in [-0.3, -0.25) is 9.48 Å². The van der Waals surface area contributed by atoms with E-state index in [1.165, 1.54) is 6.42 Å². The molecule has 0 radical (unpaired) electrons. The zero-order valence-electron chi connectivity index (χ0n) is 14.1. The average Bonchev–Trinajstić information content (AvgIpc) is 2.65. The molecule has 0 N–H and O–H groups in total. The van der Waals surface area contributed by atoms with Crippen LogP contribution in [0.1, 0.15) is 50.6 Å². The van der Waals surface area contributed by atoms with Crippen LogP contribution in [0.2, 0.25) is 0 Å². The molecule has 0 spiro atoms. The zero-order valence-corrected chi connectivity index (χ0v) is 14.1. The van der Waals surface area contributed by atoms with E-state index in [2.05, 4.69) is 37.5 Å². The van der Waals surface area contributed by atoms with Crippen molar-refractivity contribution in [3.8, 4) is 0 Å². The standard InChI is InChI=1S/C17H29N3O/c1-12(2)10-20-15(5)16(14(4)18-20)9-17(21)19-8-6-7-13(3)11-19/h12-13H,6-11H2,1-5H3. The molecule has 1 aromatic rings. The molecule has 118 valence electrons. The highest BCUT2D eigenvalue weighted by molar-refractivity contribution is 5.79. The average molecular weight is 291 g/mol.